The molecular weight excluding hydrogens is 234 g/mol. The van der Waals surface area contributed by atoms with Crippen molar-refractivity contribution in [3.05, 3.63) is 0 Å². The molecule has 0 unspecified atom stereocenters. The summed E-state index contributed by atoms with van der Waals surface area (Å²) in [7, 11) is 0. The van der Waals surface area contributed by atoms with Crippen LogP contribution in [0.4, 0.5) is 4.79 Å². The van der Waals surface area contributed by atoms with Crippen molar-refractivity contribution >= 4 is 12.0 Å². The zero-order valence-electron chi connectivity index (χ0n) is 11.2. The summed E-state index contributed by atoms with van der Waals surface area (Å²) in [6.07, 6.45) is -0.412. The largest absolute Gasteiger partial charge is 0.444 e. The number of hydrogen-bond donors (Lipinski definition) is 2. The fraction of sp³-hybridized carbons (Fsp3) is 0.833. The summed E-state index contributed by atoms with van der Waals surface area (Å²) < 4.78 is 5.16. The predicted molar refractivity (Wildman–Crippen MR) is 66.1 cm³/mol. The second-order valence-electron chi connectivity index (χ2n) is 5.94. The summed E-state index contributed by atoms with van der Waals surface area (Å²) in [6, 6.07) is 0.0248. The lowest BCUT2D eigenvalue weighted by atomic mass is 9.98. The first-order chi connectivity index (χ1) is 8.35. The van der Waals surface area contributed by atoms with Crippen LogP contribution in [-0.4, -0.2) is 54.7 Å². The van der Waals surface area contributed by atoms with E-state index in [1.165, 1.54) is 0 Å². The number of likely N-dealkylation sites (tertiary alicyclic amines) is 1. The molecule has 0 aromatic carbocycles. The van der Waals surface area contributed by atoms with Crippen LogP contribution in [-0.2, 0) is 9.53 Å². The number of nitrogens with one attached hydrogen (secondary N) is 2. The van der Waals surface area contributed by atoms with Gasteiger partial charge in [-0.15, -0.1) is 0 Å². The second-order valence-corrected chi connectivity index (χ2v) is 5.94. The van der Waals surface area contributed by atoms with E-state index in [0.717, 1.165) is 13.1 Å². The molecule has 6 nitrogen and oxygen atoms in total. The summed E-state index contributed by atoms with van der Waals surface area (Å²) in [6.45, 7) is 8.22. The maximum atomic E-state index is 11.8. The van der Waals surface area contributed by atoms with E-state index in [1.54, 1.807) is 4.90 Å². The normalized spacial score (nSPS) is 20.9. The Morgan fingerprint density at radius 2 is 1.89 bits per heavy atom. The van der Waals surface area contributed by atoms with Crippen molar-refractivity contribution in [3.8, 4) is 0 Å². The molecule has 2 rings (SSSR count). The number of carbonyl (C=O) groups is 2. The number of amides is 2. The van der Waals surface area contributed by atoms with Gasteiger partial charge in [0.15, 0.2) is 0 Å². The summed E-state index contributed by atoms with van der Waals surface area (Å²) in [5.74, 6) is 0.323. The summed E-state index contributed by atoms with van der Waals surface area (Å²) >= 11 is 0. The predicted octanol–water partition coefficient (Wildman–Crippen LogP) is -0.0587. The Kier molecular flexibility index (Phi) is 3.47. The van der Waals surface area contributed by atoms with Gasteiger partial charge in [0.25, 0.3) is 0 Å². The molecule has 0 aliphatic carbocycles. The molecule has 102 valence electrons. The van der Waals surface area contributed by atoms with Gasteiger partial charge < -0.3 is 20.3 Å². The van der Waals surface area contributed by atoms with Crippen LogP contribution in [0.15, 0.2) is 0 Å². The van der Waals surface area contributed by atoms with Crippen molar-refractivity contribution in [2.24, 2.45) is 5.92 Å². The topological polar surface area (TPSA) is 70.7 Å². The van der Waals surface area contributed by atoms with Gasteiger partial charge in [0, 0.05) is 26.2 Å². The lowest BCUT2D eigenvalue weighted by Gasteiger charge is -2.42. The molecule has 0 aromatic heterocycles. The van der Waals surface area contributed by atoms with Crippen molar-refractivity contribution in [2.75, 3.05) is 26.2 Å². The number of rotatable bonds is 2. The van der Waals surface area contributed by atoms with Crippen LogP contribution in [0.25, 0.3) is 0 Å². The van der Waals surface area contributed by atoms with E-state index in [1.807, 2.05) is 20.8 Å². The second kappa shape index (κ2) is 4.76. The number of ether oxygens (including phenoxy) is 1. The highest BCUT2D eigenvalue weighted by molar-refractivity contribution is 5.81. The van der Waals surface area contributed by atoms with Crippen molar-refractivity contribution in [1.29, 1.82) is 0 Å². The van der Waals surface area contributed by atoms with Crippen LogP contribution in [0.3, 0.4) is 0 Å². The van der Waals surface area contributed by atoms with Crippen molar-refractivity contribution in [3.63, 3.8) is 0 Å². The Morgan fingerprint density at radius 3 is 2.33 bits per heavy atom. The lowest BCUT2D eigenvalue weighted by Crippen LogP contribution is -2.64. The minimum absolute atomic E-state index is 0.0248. The zero-order chi connectivity index (χ0) is 13.3. The Labute approximate surface area is 107 Å². The molecule has 2 amide bonds. The monoisotopic (exact) mass is 255 g/mol. The van der Waals surface area contributed by atoms with E-state index < -0.39 is 11.7 Å². The van der Waals surface area contributed by atoms with Crippen LogP contribution in [0.5, 0.6) is 0 Å². The molecule has 2 saturated heterocycles. The van der Waals surface area contributed by atoms with Gasteiger partial charge >= 0.3 is 6.09 Å². The van der Waals surface area contributed by atoms with E-state index in [4.69, 9.17) is 4.74 Å². The first kappa shape index (κ1) is 13.1. The molecular formula is C12H21N3O3. The molecule has 2 aliphatic heterocycles. The number of carbonyl (C=O) groups excluding carboxylic acids is 2. The summed E-state index contributed by atoms with van der Waals surface area (Å²) in [4.78, 5) is 25.1. The molecule has 0 atom stereocenters. The third-order valence-corrected chi connectivity index (χ3v) is 3.04. The van der Waals surface area contributed by atoms with Crippen LogP contribution in [0.1, 0.15) is 20.8 Å². The molecule has 2 N–H and O–H groups in total. The number of nitrogens with zero attached hydrogens (tertiary/aromatic N) is 1. The Balaban J connectivity index is 1.66. The SMILES string of the molecule is CC(C)(C)OC(=O)NC1CN(C(=O)C2CNC2)C1. The molecule has 18 heavy (non-hydrogen) atoms. The Morgan fingerprint density at radius 1 is 1.28 bits per heavy atom. The van der Waals surface area contributed by atoms with Crippen molar-refractivity contribution < 1.29 is 14.3 Å². The van der Waals surface area contributed by atoms with E-state index in [0.29, 0.717) is 13.1 Å². The van der Waals surface area contributed by atoms with Crippen LogP contribution < -0.4 is 10.6 Å². The maximum Gasteiger partial charge on any atom is 0.407 e. The van der Waals surface area contributed by atoms with E-state index in [9.17, 15) is 9.59 Å². The van der Waals surface area contributed by atoms with Gasteiger partial charge in [-0.25, -0.2) is 4.79 Å². The fourth-order valence-electron chi connectivity index (χ4n) is 1.95. The minimum Gasteiger partial charge on any atom is -0.444 e. The van der Waals surface area contributed by atoms with Gasteiger partial charge in [0.1, 0.15) is 5.60 Å². The third kappa shape index (κ3) is 3.13. The molecule has 2 aliphatic rings. The lowest BCUT2D eigenvalue weighted by molar-refractivity contribution is -0.142. The Hall–Kier alpha value is -1.30. The minimum atomic E-state index is -0.485. The van der Waals surface area contributed by atoms with Gasteiger partial charge in [-0.05, 0) is 20.8 Å². The van der Waals surface area contributed by atoms with E-state index in [2.05, 4.69) is 10.6 Å². The van der Waals surface area contributed by atoms with Gasteiger partial charge in [0.05, 0.1) is 12.0 Å². The zero-order valence-corrected chi connectivity index (χ0v) is 11.2. The quantitative estimate of drug-likeness (QED) is 0.725. The average Bonchev–Trinajstić information content (AvgIpc) is 2.03. The fourth-order valence-corrected chi connectivity index (χ4v) is 1.95. The van der Waals surface area contributed by atoms with Gasteiger partial charge in [-0.1, -0.05) is 0 Å². The highest BCUT2D eigenvalue weighted by Crippen LogP contribution is 2.16. The molecule has 0 saturated carbocycles. The van der Waals surface area contributed by atoms with Crippen molar-refractivity contribution in [2.45, 2.75) is 32.4 Å². The van der Waals surface area contributed by atoms with E-state index >= 15 is 0 Å². The first-order valence-electron chi connectivity index (χ1n) is 6.34. The molecule has 2 heterocycles. The van der Waals surface area contributed by atoms with Gasteiger partial charge in [-0.2, -0.15) is 0 Å². The maximum absolute atomic E-state index is 11.8. The molecule has 0 aromatic rings. The summed E-state index contributed by atoms with van der Waals surface area (Å²) in [5.41, 5.74) is -0.485. The van der Waals surface area contributed by atoms with Crippen LogP contribution in [0, 0.1) is 5.92 Å². The smallest absolute Gasteiger partial charge is 0.407 e. The standard InChI is InChI=1S/C12H21N3O3/c1-12(2,3)18-11(17)14-9-6-15(7-9)10(16)8-4-13-5-8/h8-9,13H,4-7H2,1-3H3,(H,14,17). The van der Waals surface area contributed by atoms with Crippen LogP contribution >= 0.6 is 0 Å². The highest BCUT2D eigenvalue weighted by Gasteiger charge is 2.37. The van der Waals surface area contributed by atoms with E-state index in [-0.39, 0.29) is 17.9 Å². The highest BCUT2D eigenvalue weighted by atomic mass is 16.6. The van der Waals surface area contributed by atoms with Crippen molar-refractivity contribution in [1.82, 2.24) is 15.5 Å². The van der Waals surface area contributed by atoms with Gasteiger partial charge in [-0.3, -0.25) is 4.79 Å². The number of hydrogen-bond acceptors (Lipinski definition) is 4. The third-order valence-electron chi connectivity index (χ3n) is 3.04. The summed E-state index contributed by atoms with van der Waals surface area (Å²) in [5, 5.41) is 5.84. The average molecular weight is 255 g/mol. The first-order valence-corrected chi connectivity index (χ1v) is 6.34. The molecule has 0 spiro atoms. The Bertz CT molecular complexity index is 341. The number of alkyl carbamates (subject to hydrolysis) is 1. The molecule has 0 radical (unpaired) electrons. The molecule has 6 heteroatoms. The molecule has 2 fully saturated rings. The molecule has 0 bridgehead atoms. The van der Waals surface area contributed by atoms with Gasteiger partial charge in [0.2, 0.25) is 5.91 Å². The van der Waals surface area contributed by atoms with Crippen LogP contribution in [0.2, 0.25) is 0 Å².